The fourth-order valence-corrected chi connectivity index (χ4v) is 4.74. The van der Waals surface area contributed by atoms with E-state index >= 15 is 0 Å². The lowest BCUT2D eigenvalue weighted by atomic mass is 9.89. The highest BCUT2D eigenvalue weighted by atomic mass is 16.3. The van der Waals surface area contributed by atoms with Crippen molar-refractivity contribution in [2.75, 3.05) is 39.3 Å². The molecule has 0 radical (unpaired) electrons. The second-order valence-electron chi connectivity index (χ2n) is 8.21. The molecule has 0 aromatic carbocycles. The number of aliphatic hydroxyl groups excluding tert-OH is 1. The standard InChI is InChI=1S/C20H38N4O/c1-2-21-20(23-13-10-19(25)11-14-23)22-15-18-9-6-12-24(18)16-17-7-4-3-5-8-17/h17-19,25H,2-16H2,1H3,(H,21,22). The van der Waals surface area contributed by atoms with Crippen molar-refractivity contribution in [3.8, 4) is 0 Å². The molecular formula is C20H38N4O. The third-order valence-corrected chi connectivity index (χ3v) is 6.27. The van der Waals surface area contributed by atoms with E-state index in [1.807, 2.05) is 0 Å². The summed E-state index contributed by atoms with van der Waals surface area (Å²) < 4.78 is 0. The van der Waals surface area contributed by atoms with Crippen molar-refractivity contribution in [2.24, 2.45) is 10.9 Å². The molecule has 0 bridgehead atoms. The van der Waals surface area contributed by atoms with Gasteiger partial charge in [-0.25, -0.2) is 0 Å². The number of aliphatic hydroxyl groups is 1. The minimum absolute atomic E-state index is 0.125. The SMILES string of the molecule is CCNC(=NCC1CCCN1CC1CCCCC1)N1CCC(O)CC1. The molecule has 3 rings (SSSR count). The van der Waals surface area contributed by atoms with Crippen LogP contribution in [0.5, 0.6) is 0 Å². The third-order valence-electron chi connectivity index (χ3n) is 6.27. The maximum Gasteiger partial charge on any atom is 0.193 e. The number of aliphatic imine (C=N–C) groups is 1. The van der Waals surface area contributed by atoms with Gasteiger partial charge in [0, 0.05) is 32.2 Å². The van der Waals surface area contributed by atoms with E-state index in [2.05, 4.69) is 22.0 Å². The zero-order valence-electron chi connectivity index (χ0n) is 16.1. The van der Waals surface area contributed by atoms with Gasteiger partial charge in [-0.15, -0.1) is 0 Å². The van der Waals surface area contributed by atoms with Crippen LogP contribution in [0, 0.1) is 5.92 Å². The molecule has 5 heteroatoms. The highest BCUT2D eigenvalue weighted by Crippen LogP contribution is 2.27. The zero-order chi connectivity index (χ0) is 17.5. The molecular weight excluding hydrogens is 312 g/mol. The fourth-order valence-electron chi connectivity index (χ4n) is 4.74. The first-order chi connectivity index (χ1) is 12.3. The van der Waals surface area contributed by atoms with Gasteiger partial charge in [0.05, 0.1) is 12.6 Å². The normalized spacial score (nSPS) is 27.8. The third kappa shape index (κ3) is 5.58. The van der Waals surface area contributed by atoms with Gasteiger partial charge < -0.3 is 15.3 Å². The lowest BCUT2D eigenvalue weighted by Crippen LogP contribution is -2.47. The summed E-state index contributed by atoms with van der Waals surface area (Å²) in [6, 6.07) is 0.631. The number of likely N-dealkylation sites (tertiary alicyclic amines) is 2. The Hall–Kier alpha value is -0.810. The molecule has 0 amide bonds. The van der Waals surface area contributed by atoms with Gasteiger partial charge in [-0.1, -0.05) is 19.3 Å². The van der Waals surface area contributed by atoms with Gasteiger partial charge in [0.25, 0.3) is 0 Å². The molecule has 2 aliphatic heterocycles. The van der Waals surface area contributed by atoms with Crippen molar-refractivity contribution < 1.29 is 5.11 Å². The molecule has 2 saturated heterocycles. The summed E-state index contributed by atoms with van der Waals surface area (Å²) in [7, 11) is 0. The van der Waals surface area contributed by atoms with Crippen LogP contribution in [-0.2, 0) is 0 Å². The largest absolute Gasteiger partial charge is 0.393 e. The van der Waals surface area contributed by atoms with E-state index in [9.17, 15) is 5.11 Å². The van der Waals surface area contributed by atoms with Crippen LogP contribution in [-0.4, -0.2) is 72.3 Å². The minimum atomic E-state index is -0.125. The Morgan fingerprint density at radius 2 is 1.76 bits per heavy atom. The van der Waals surface area contributed by atoms with Crippen molar-refractivity contribution >= 4 is 5.96 Å². The highest BCUT2D eigenvalue weighted by Gasteiger charge is 2.28. The first-order valence-electron chi connectivity index (χ1n) is 10.7. The number of piperidine rings is 1. The fraction of sp³-hybridized carbons (Fsp3) is 0.950. The van der Waals surface area contributed by atoms with Crippen molar-refractivity contribution in [3.63, 3.8) is 0 Å². The molecule has 3 aliphatic rings. The molecule has 0 aromatic heterocycles. The predicted molar refractivity (Wildman–Crippen MR) is 104 cm³/mol. The monoisotopic (exact) mass is 350 g/mol. The van der Waals surface area contributed by atoms with Crippen molar-refractivity contribution in [1.29, 1.82) is 0 Å². The molecule has 2 N–H and O–H groups in total. The second kappa shape index (κ2) is 9.77. The van der Waals surface area contributed by atoms with Crippen LogP contribution in [0.2, 0.25) is 0 Å². The van der Waals surface area contributed by atoms with Crippen LogP contribution in [0.1, 0.15) is 64.7 Å². The molecule has 144 valence electrons. The number of rotatable bonds is 5. The first kappa shape index (κ1) is 19.0. The van der Waals surface area contributed by atoms with Crippen LogP contribution in [0.4, 0.5) is 0 Å². The van der Waals surface area contributed by atoms with Crippen molar-refractivity contribution in [2.45, 2.75) is 76.9 Å². The van der Waals surface area contributed by atoms with E-state index in [4.69, 9.17) is 4.99 Å². The maximum absolute atomic E-state index is 9.74. The number of nitrogens with zero attached hydrogens (tertiary/aromatic N) is 3. The van der Waals surface area contributed by atoms with Gasteiger partial charge in [-0.3, -0.25) is 9.89 Å². The summed E-state index contributed by atoms with van der Waals surface area (Å²) in [6.45, 7) is 8.38. The van der Waals surface area contributed by atoms with Crippen LogP contribution in [0.25, 0.3) is 0 Å². The molecule has 1 aliphatic carbocycles. The second-order valence-corrected chi connectivity index (χ2v) is 8.21. The van der Waals surface area contributed by atoms with E-state index in [1.165, 1.54) is 58.0 Å². The molecule has 0 spiro atoms. The summed E-state index contributed by atoms with van der Waals surface area (Å²) in [5.74, 6) is 1.98. The Kier molecular flexibility index (Phi) is 7.41. The van der Waals surface area contributed by atoms with Gasteiger partial charge in [-0.05, 0) is 57.9 Å². The summed E-state index contributed by atoms with van der Waals surface area (Å²) in [5, 5.41) is 13.2. The van der Waals surface area contributed by atoms with Crippen LogP contribution in [0.15, 0.2) is 4.99 Å². The summed E-state index contributed by atoms with van der Waals surface area (Å²) in [4.78, 5) is 10.1. The van der Waals surface area contributed by atoms with Gasteiger partial charge in [0.1, 0.15) is 0 Å². The van der Waals surface area contributed by atoms with Gasteiger partial charge >= 0.3 is 0 Å². The molecule has 2 heterocycles. The van der Waals surface area contributed by atoms with Crippen LogP contribution in [0.3, 0.4) is 0 Å². The van der Waals surface area contributed by atoms with E-state index in [-0.39, 0.29) is 6.10 Å². The summed E-state index contributed by atoms with van der Waals surface area (Å²) >= 11 is 0. The lowest BCUT2D eigenvalue weighted by molar-refractivity contribution is 0.108. The Morgan fingerprint density at radius 1 is 1.00 bits per heavy atom. The van der Waals surface area contributed by atoms with Crippen LogP contribution >= 0.6 is 0 Å². The van der Waals surface area contributed by atoms with Crippen molar-refractivity contribution in [1.82, 2.24) is 15.1 Å². The first-order valence-corrected chi connectivity index (χ1v) is 10.7. The summed E-state index contributed by atoms with van der Waals surface area (Å²) in [5.41, 5.74) is 0. The molecule has 0 aromatic rings. The average molecular weight is 351 g/mol. The average Bonchev–Trinajstić information content (AvgIpc) is 3.07. The predicted octanol–water partition coefficient (Wildman–Crippen LogP) is 2.45. The van der Waals surface area contributed by atoms with E-state index < -0.39 is 0 Å². The van der Waals surface area contributed by atoms with Gasteiger partial charge in [0.2, 0.25) is 0 Å². The highest BCUT2D eigenvalue weighted by molar-refractivity contribution is 5.80. The number of guanidine groups is 1. The van der Waals surface area contributed by atoms with Crippen molar-refractivity contribution in [3.05, 3.63) is 0 Å². The quantitative estimate of drug-likeness (QED) is 0.591. The smallest absolute Gasteiger partial charge is 0.193 e. The molecule has 1 atom stereocenters. The van der Waals surface area contributed by atoms with E-state index in [0.717, 1.165) is 50.9 Å². The topological polar surface area (TPSA) is 51.1 Å². The van der Waals surface area contributed by atoms with E-state index in [1.54, 1.807) is 0 Å². The zero-order valence-corrected chi connectivity index (χ0v) is 16.1. The number of hydrogen-bond acceptors (Lipinski definition) is 3. The molecule has 1 unspecified atom stereocenters. The Labute approximate surface area is 153 Å². The number of hydrogen-bond donors (Lipinski definition) is 2. The lowest BCUT2D eigenvalue weighted by Gasteiger charge is -2.33. The summed E-state index contributed by atoms with van der Waals surface area (Å²) in [6.07, 6.45) is 11.4. The van der Waals surface area contributed by atoms with E-state index in [0.29, 0.717) is 6.04 Å². The van der Waals surface area contributed by atoms with Gasteiger partial charge in [-0.2, -0.15) is 0 Å². The van der Waals surface area contributed by atoms with Crippen LogP contribution < -0.4 is 5.32 Å². The Morgan fingerprint density at radius 3 is 2.48 bits per heavy atom. The maximum atomic E-state index is 9.74. The minimum Gasteiger partial charge on any atom is -0.393 e. The molecule has 1 saturated carbocycles. The van der Waals surface area contributed by atoms with Gasteiger partial charge in [0.15, 0.2) is 5.96 Å². The Balaban J connectivity index is 1.53. The molecule has 25 heavy (non-hydrogen) atoms. The Bertz CT molecular complexity index is 414. The molecule has 5 nitrogen and oxygen atoms in total. The molecule has 3 fully saturated rings. The number of nitrogens with one attached hydrogen (secondary N) is 1.